The largest absolute Gasteiger partial charge is 0.390 e. The summed E-state index contributed by atoms with van der Waals surface area (Å²) in [5.74, 6) is 0.861. The minimum atomic E-state index is -0.468. The van der Waals surface area contributed by atoms with Gasteiger partial charge in [0.05, 0.1) is 12.2 Å². The van der Waals surface area contributed by atoms with Crippen LogP contribution in [0.1, 0.15) is 19.3 Å². The summed E-state index contributed by atoms with van der Waals surface area (Å²) >= 11 is 0. The fourth-order valence-corrected chi connectivity index (χ4v) is 2.32. The molecule has 0 radical (unpaired) electrons. The van der Waals surface area contributed by atoms with Gasteiger partial charge in [-0.25, -0.2) is 0 Å². The van der Waals surface area contributed by atoms with E-state index < -0.39 is 12.2 Å². The summed E-state index contributed by atoms with van der Waals surface area (Å²) in [5, 5.41) is 18.9. The Balaban J connectivity index is 2.12. The van der Waals surface area contributed by atoms with Gasteiger partial charge in [-0.15, -0.1) is 0 Å². The molecular formula is C9H14O2. The standard InChI is InChI=1S/C9H14O2/c10-8-5-6-3-1-2-4-7(6)9(8)11/h1-2,6-11H,3-5H2/t6-,7-,8+,9-/m0/s1. The summed E-state index contributed by atoms with van der Waals surface area (Å²) in [7, 11) is 0. The van der Waals surface area contributed by atoms with Gasteiger partial charge >= 0.3 is 0 Å². The zero-order valence-electron chi connectivity index (χ0n) is 6.48. The lowest BCUT2D eigenvalue weighted by Gasteiger charge is -2.22. The second kappa shape index (κ2) is 2.61. The van der Waals surface area contributed by atoms with Crippen LogP contribution in [0, 0.1) is 11.8 Å². The molecule has 0 aromatic heterocycles. The molecule has 11 heavy (non-hydrogen) atoms. The number of hydrogen-bond acceptors (Lipinski definition) is 2. The van der Waals surface area contributed by atoms with Crippen LogP contribution < -0.4 is 0 Å². The van der Waals surface area contributed by atoms with E-state index >= 15 is 0 Å². The molecule has 2 aliphatic carbocycles. The number of hydrogen-bond donors (Lipinski definition) is 2. The molecule has 2 N–H and O–H groups in total. The van der Waals surface area contributed by atoms with Gasteiger partial charge in [-0.05, 0) is 31.1 Å². The molecule has 0 aromatic rings. The third kappa shape index (κ3) is 1.10. The molecule has 2 rings (SSSR count). The van der Waals surface area contributed by atoms with Gasteiger partial charge < -0.3 is 10.2 Å². The van der Waals surface area contributed by atoms with Gasteiger partial charge in [-0.3, -0.25) is 0 Å². The minimum absolute atomic E-state index is 0.329. The van der Waals surface area contributed by atoms with Crippen molar-refractivity contribution in [2.45, 2.75) is 31.5 Å². The van der Waals surface area contributed by atoms with Crippen LogP contribution in [0.4, 0.5) is 0 Å². The highest BCUT2D eigenvalue weighted by atomic mass is 16.3. The topological polar surface area (TPSA) is 40.5 Å². The number of allylic oxidation sites excluding steroid dienone is 2. The van der Waals surface area contributed by atoms with E-state index in [1.54, 1.807) is 0 Å². The van der Waals surface area contributed by atoms with E-state index in [-0.39, 0.29) is 0 Å². The lowest BCUT2D eigenvalue weighted by molar-refractivity contribution is 0.0194. The van der Waals surface area contributed by atoms with Gasteiger partial charge in [0, 0.05) is 0 Å². The molecule has 62 valence electrons. The zero-order valence-corrected chi connectivity index (χ0v) is 6.48. The SMILES string of the molecule is O[C@H]1[C@H]2CC=CC[C@H]2C[C@H]1O. The molecule has 1 saturated carbocycles. The molecule has 0 spiro atoms. The third-order valence-electron chi connectivity index (χ3n) is 3.00. The fraction of sp³-hybridized carbons (Fsp3) is 0.778. The number of aliphatic hydroxyl groups excluding tert-OH is 2. The molecule has 2 heteroatoms. The Morgan fingerprint density at radius 1 is 1.09 bits per heavy atom. The number of fused-ring (bicyclic) bond motifs is 1. The van der Waals surface area contributed by atoms with Crippen LogP contribution >= 0.6 is 0 Å². The smallest absolute Gasteiger partial charge is 0.0833 e. The van der Waals surface area contributed by atoms with Gasteiger partial charge in [0.15, 0.2) is 0 Å². The predicted octanol–water partition coefficient (Wildman–Crippen LogP) is 0.694. The first-order valence-corrected chi connectivity index (χ1v) is 4.30. The van der Waals surface area contributed by atoms with E-state index in [0.717, 1.165) is 19.3 Å². The Kier molecular flexibility index (Phi) is 1.74. The zero-order chi connectivity index (χ0) is 7.84. The van der Waals surface area contributed by atoms with Gasteiger partial charge in [-0.1, -0.05) is 12.2 Å². The van der Waals surface area contributed by atoms with Crippen LogP contribution in [0.25, 0.3) is 0 Å². The lowest BCUT2D eigenvalue weighted by atomic mass is 9.85. The van der Waals surface area contributed by atoms with Crippen LogP contribution in [-0.2, 0) is 0 Å². The normalized spacial score (nSPS) is 49.3. The van der Waals surface area contributed by atoms with E-state index in [1.165, 1.54) is 0 Å². The van der Waals surface area contributed by atoms with Crippen molar-refractivity contribution in [1.82, 2.24) is 0 Å². The van der Waals surface area contributed by atoms with Gasteiger partial charge in [0.2, 0.25) is 0 Å². The Bertz CT molecular complexity index is 176. The van der Waals surface area contributed by atoms with Crippen molar-refractivity contribution in [3.05, 3.63) is 12.2 Å². The van der Waals surface area contributed by atoms with Crippen LogP contribution in [-0.4, -0.2) is 22.4 Å². The van der Waals surface area contributed by atoms with Crippen molar-refractivity contribution >= 4 is 0 Å². The molecule has 0 unspecified atom stereocenters. The van der Waals surface area contributed by atoms with Gasteiger partial charge in [0.1, 0.15) is 0 Å². The first-order chi connectivity index (χ1) is 5.29. The maximum atomic E-state index is 9.51. The second-order valence-corrected chi connectivity index (χ2v) is 3.66. The Labute approximate surface area is 66.5 Å². The van der Waals surface area contributed by atoms with Crippen LogP contribution in [0.3, 0.4) is 0 Å². The van der Waals surface area contributed by atoms with E-state index in [2.05, 4.69) is 12.2 Å². The molecule has 1 fully saturated rings. The molecule has 2 nitrogen and oxygen atoms in total. The molecule has 0 aromatic carbocycles. The molecule has 0 saturated heterocycles. The van der Waals surface area contributed by atoms with Crippen molar-refractivity contribution in [1.29, 1.82) is 0 Å². The van der Waals surface area contributed by atoms with Crippen LogP contribution in [0.5, 0.6) is 0 Å². The average Bonchev–Trinajstić information content (AvgIpc) is 2.30. The van der Waals surface area contributed by atoms with Crippen LogP contribution in [0.15, 0.2) is 12.2 Å². The van der Waals surface area contributed by atoms with Crippen molar-refractivity contribution in [3.63, 3.8) is 0 Å². The Morgan fingerprint density at radius 3 is 2.55 bits per heavy atom. The third-order valence-corrected chi connectivity index (χ3v) is 3.00. The summed E-state index contributed by atoms with van der Waals surface area (Å²) in [6.07, 6.45) is 6.11. The molecule has 2 aliphatic rings. The minimum Gasteiger partial charge on any atom is -0.390 e. The molecule has 0 amide bonds. The first-order valence-electron chi connectivity index (χ1n) is 4.30. The summed E-state index contributed by atoms with van der Waals surface area (Å²) in [6.45, 7) is 0. The van der Waals surface area contributed by atoms with E-state index in [1.807, 2.05) is 0 Å². The maximum Gasteiger partial charge on any atom is 0.0833 e. The predicted molar refractivity (Wildman–Crippen MR) is 42.0 cm³/mol. The monoisotopic (exact) mass is 154 g/mol. The van der Waals surface area contributed by atoms with E-state index in [9.17, 15) is 10.2 Å². The Hall–Kier alpha value is -0.340. The van der Waals surface area contributed by atoms with E-state index in [0.29, 0.717) is 11.8 Å². The molecule has 0 bridgehead atoms. The summed E-state index contributed by atoms with van der Waals surface area (Å²) in [4.78, 5) is 0. The second-order valence-electron chi connectivity index (χ2n) is 3.66. The summed E-state index contributed by atoms with van der Waals surface area (Å²) in [6, 6.07) is 0. The van der Waals surface area contributed by atoms with Crippen molar-refractivity contribution in [2.75, 3.05) is 0 Å². The highest BCUT2D eigenvalue weighted by Gasteiger charge is 2.40. The lowest BCUT2D eigenvalue weighted by Crippen LogP contribution is -2.26. The number of aliphatic hydroxyl groups is 2. The highest BCUT2D eigenvalue weighted by molar-refractivity contribution is 5.02. The Morgan fingerprint density at radius 2 is 1.82 bits per heavy atom. The van der Waals surface area contributed by atoms with Crippen molar-refractivity contribution < 1.29 is 10.2 Å². The van der Waals surface area contributed by atoms with Crippen LogP contribution in [0.2, 0.25) is 0 Å². The first kappa shape index (κ1) is 7.32. The molecule has 0 aliphatic heterocycles. The van der Waals surface area contributed by atoms with E-state index in [4.69, 9.17) is 0 Å². The molecule has 4 atom stereocenters. The molecule has 0 heterocycles. The van der Waals surface area contributed by atoms with Crippen molar-refractivity contribution in [2.24, 2.45) is 11.8 Å². The highest BCUT2D eigenvalue weighted by Crippen LogP contribution is 2.39. The van der Waals surface area contributed by atoms with Crippen molar-refractivity contribution in [3.8, 4) is 0 Å². The summed E-state index contributed by atoms with van der Waals surface area (Å²) in [5.41, 5.74) is 0. The molecular weight excluding hydrogens is 140 g/mol. The quantitative estimate of drug-likeness (QED) is 0.504. The van der Waals surface area contributed by atoms with Gasteiger partial charge in [-0.2, -0.15) is 0 Å². The maximum absolute atomic E-state index is 9.51. The fourth-order valence-electron chi connectivity index (χ4n) is 2.32. The number of rotatable bonds is 0. The van der Waals surface area contributed by atoms with Gasteiger partial charge in [0.25, 0.3) is 0 Å². The average molecular weight is 154 g/mol. The summed E-state index contributed by atoms with van der Waals surface area (Å²) < 4.78 is 0.